The molecule has 0 radical (unpaired) electrons. The van der Waals surface area contributed by atoms with Gasteiger partial charge in [-0.2, -0.15) is 0 Å². The standard InChI is InChI=1S/C10H21N3O2/c1-4-5-8(11)10(15)12-7-6-9(14)13(2)3/h8H,4-7,11H2,1-3H3,(H,12,15). The summed E-state index contributed by atoms with van der Waals surface area (Å²) >= 11 is 0. The highest BCUT2D eigenvalue weighted by Gasteiger charge is 2.12. The Kier molecular flexibility index (Phi) is 6.70. The van der Waals surface area contributed by atoms with Crippen molar-refractivity contribution in [1.82, 2.24) is 10.2 Å². The maximum Gasteiger partial charge on any atom is 0.236 e. The van der Waals surface area contributed by atoms with E-state index in [0.717, 1.165) is 6.42 Å². The zero-order valence-electron chi connectivity index (χ0n) is 9.75. The summed E-state index contributed by atoms with van der Waals surface area (Å²) in [5.41, 5.74) is 5.60. The molecule has 0 saturated carbocycles. The van der Waals surface area contributed by atoms with E-state index >= 15 is 0 Å². The number of nitrogens with one attached hydrogen (secondary N) is 1. The van der Waals surface area contributed by atoms with Gasteiger partial charge in [-0.25, -0.2) is 0 Å². The normalized spacial score (nSPS) is 12.0. The molecule has 0 aliphatic carbocycles. The van der Waals surface area contributed by atoms with Crippen LogP contribution in [0, 0.1) is 0 Å². The predicted molar refractivity (Wildman–Crippen MR) is 59.2 cm³/mol. The molecular formula is C10H21N3O2. The lowest BCUT2D eigenvalue weighted by atomic mass is 10.1. The molecule has 15 heavy (non-hydrogen) atoms. The minimum absolute atomic E-state index is 0.000590. The lowest BCUT2D eigenvalue weighted by Crippen LogP contribution is -2.41. The summed E-state index contributed by atoms with van der Waals surface area (Å²) in [4.78, 5) is 24.0. The largest absolute Gasteiger partial charge is 0.354 e. The number of carbonyl (C=O) groups excluding carboxylic acids is 2. The van der Waals surface area contributed by atoms with Gasteiger partial charge in [0.2, 0.25) is 11.8 Å². The van der Waals surface area contributed by atoms with Gasteiger partial charge in [-0.15, -0.1) is 0 Å². The Bertz CT molecular complexity index is 217. The van der Waals surface area contributed by atoms with Crippen LogP contribution in [0.3, 0.4) is 0 Å². The number of amides is 2. The van der Waals surface area contributed by atoms with Crippen molar-refractivity contribution in [2.45, 2.75) is 32.2 Å². The van der Waals surface area contributed by atoms with E-state index in [9.17, 15) is 9.59 Å². The maximum atomic E-state index is 11.3. The first-order chi connectivity index (χ1) is 6.99. The first-order valence-corrected chi connectivity index (χ1v) is 5.22. The first kappa shape index (κ1) is 13.9. The van der Waals surface area contributed by atoms with E-state index < -0.39 is 6.04 Å². The van der Waals surface area contributed by atoms with Crippen molar-refractivity contribution < 1.29 is 9.59 Å². The third-order valence-corrected chi connectivity index (χ3v) is 2.07. The summed E-state index contributed by atoms with van der Waals surface area (Å²) in [7, 11) is 3.37. The molecule has 0 rings (SSSR count). The topological polar surface area (TPSA) is 75.4 Å². The third-order valence-electron chi connectivity index (χ3n) is 2.07. The van der Waals surface area contributed by atoms with E-state index in [1.54, 1.807) is 14.1 Å². The number of nitrogens with two attached hydrogens (primary N) is 1. The zero-order chi connectivity index (χ0) is 11.8. The SMILES string of the molecule is CCCC(N)C(=O)NCCC(=O)N(C)C. The molecule has 0 aromatic heterocycles. The fraction of sp³-hybridized carbons (Fsp3) is 0.800. The zero-order valence-corrected chi connectivity index (χ0v) is 9.75. The van der Waals surface area contributed by atoms with E-state index in [-0.39, 0.29) is 11.8 Å². The summed E-state index contributed by atoms with van der Waals surface area (Å²) in [6, 6.07) is -0.454. The highest BCUT2D eigenvalue weighted by atomic mass is 16.2. The van der Waals surface area contributed by atoms with Gasteiger partial charge >= 0.3 is 0 Å². The van der Waals surface area contributed by atoms with Gasteiger partial charge in [0.05, 0.1) is 6.04 Å². The molecule has 0 aliphatic rings. The van der Waals surface area contributed by atoms with Gasteiger partial charge in [0.15, 0.2) is 0 Å². The molecule has 0 aromatic rings. The second-order valence-corrected chi connectivity index (χ2v) is 3.72. The summed E-state index contributed by atoms with van der Waals surface area (Å²) in [5.74, 6) is -0.178. The van der Waals surface area contributed by atoms with Gasteiger partial charge < -0.3 is 16.0 Å². The van der Waals surface area contributed by atoms with Crippen molar-refractivity contribution in [1.29, 1.82) is 0 Å². The molecule has 0 saturated heterocycles. The van der Waals surface area contributed by atoms with Crippen LogP contribution in [-0.2, 0) is 9.59 Å². The van der Waals surface area contributed by atoms with Gasteiger partial charge in [-0.05, 0) is 6.42 Å². The van der Waals surface area contributed by atoms with Crippen LogP contribution in [0.25, 0.3) is 0 Å². The molecule has 5 nitrogen and oxygen atoms in total. The number of rotatable bonds is 6. The van der Waals surface area contributed by atoms with Crippen molar-refractivity contribution in [2.75, 3.05) is 20.6 Å². The molecule has 1 unspecified atom stereocenters. The molecule has 5 heteroatoms. The molecule has 3 N–H and O–H groups in total. The summed E-state index contributed by atoms with van der Waals surface area (Å²) in [6.07, 6.45) is 1.87. The predicted octanol–water partition coefficient (Wildman–Crippen LogP) is -0.292. The Morgan fingerprint density at radius 3 is 2.47 bits per heavy atom. The highest BCUT2D eigenvalue weighted by Crippen LogP contribution is 1.93. The molecule has 0 heterocycles. The number of hydrogen-bond donors (Lipinski definition) is 2. The fourth-order valence-corrected chi connectivity index (χ4v) is 1.09. The molecule has 88 valence electrons. The van der Waals surface area contributed by atoms with Crippen molar-refractivity contribution in [3.63, 3.8) is 0 Å². The quantitative estimate of drug-likeness (QED) is 0.639. The Balaban J connectivity index is 3.68. The minimum Gasteiger partial charge on any atom is -0.354 e. The average Bonchev–Trinajstić information content (AvgIpc) is 2.17. The van der Waals surface area contributed by atoms with E-state index in [1.165, 1.54) is 4.90 Å². The van der Waals surface area contributed by atoms with Gasteiger partial charge in [0.1, 0.15) is 0 Å². The Morgan fingerprint density at radius 1 is 1.40 bits per heavy atom. The van der Waals surface area contributed by atoms with E-state index in [4.69, 9.17) is 5.73 Å². The van der Waals surface area contributed by atoms with Crippen LogP contribution in [0.1, 0.15) is 26.2 Å². The molecule has 0 bridgehead atoms. The molecule has 2 amide bonds. The smallest absolute Gasteiger partial charge is 0.236 e. The molecule has 0 spiro atoms. The van der Waals surface area contributed by atoms with Crippen LogP contribution < -0.4 is 11.1 Å². The fourth-order valence-electron chi connectivity index (χ4n) is 1.09. The van der Waals surface area contributed by atoms with Crippen molar-refractivity contribution >= 4 is 11.8 Å². The van der Waals surface area contributed by atoms with E-state index in [0.29, 0.717) is 19.4 Å². The minimum atomic E-state index is -0.454. The van der Waals surface area contributed by atoms with Crippen LogP contribution in [0.5, 0.6) is 0 Å². The Morgan fingerprint density at radius 2 is 2.00 bits per heavy atom. The average molecular weight is 215 g/mol. The third kappa shape index (κ3) is 6.06. The summed E-state index contributed by atoms with van der Waals surface area (Å²) < 4.78 is 0. The summed E-state index contributed by atoms with van der Waals surface area (Å²) in [5, 5.41) is 2.64. The molecule has 0 aliphatic heterocycles. The Labute approximate surface area is 91.0 Å². The molecular weight excluding hydrogens is 194 g/mol. The van der Waals surface area contributed by atoms with Crippen molar-refractivity contribution in [3.05, 3.63) is 0 Å². The van der Waals surface area contributed by atoms with Gasteiger partial charge in [-0.3, -0.25) is 9.59 Å². The molecule has 0 aromatic carbocycles. The van der Waals surface area contributed by atoms with Crippen LogP contribution >= 0.6 is 0 Å². The van der Waals surface area contributed by atoms with Gasteiger partial charge in [0.25, 0.3) is 0 Å². The van der Waals surface area contributed by atoms with Crippen LogP contribution in [0.2, 0.25) is 0 Å². The van der Waals surface area contributed by atoms with E-state index in [2.05, 4.69) is 5.32 Å². The van der Waals surface area contributed by atoms with Gasteiger partial charge in [-0.1, -0.05) is 13.3 Å². The maximum absolute atomic E-state index is 11.3. The highest BCUT2D eigenvalue weighted by molar-refractivity contribution is 5.82. The van der Waals surface area contributed by atoms with E-state index in [1.807, 2.05) is 6.92 Å². The number of nitrogens with zero attached hydrogens (tertiary/aromatic N) is 1. The van der Waals surface area contributed by atoms with Crippen molar-refractivity contribution in [2.24, 2.45) is 5.73 Å². The molecule has 0 fully saturated rings. The summed E-state index contributed by atoms with van der Waals surface area (Å²) in [6.45, 7) is 2.33. The second kappa shape index (κ2) is 7.23. The molecule has 1 atom stereocenters. The Hall–Kier alpha value is -1.10. The van der Waals surface area contributed by atoms with Gasteiger partial charge in [0, 0.05) is 27.1 Å². The number of hydrogen-bond acceptors (Lipinski definition) is 3. The lowest BCUT2D eigenvalue weighted by Gasteiger charge is -2.13. The monoisotopic (exact) mass is 215 g/mol. The van der Waals surface area contributed by atoms with Crippen molar-refractivity contribution in [3.8, 4) is 0 Å². The lowest BCUT2D eigenvalue weighted by molar-refractivity contribution is -0.128. The van der Waals surface area contributed by atoms with Crippen LogP contribution in [0.15, 0.2) is 0 Å². The number of carbonyl (C=O) groups is 2. The first-order valence-electron chi connectivity index (χ1n) is 5.22. The van der Waals surface area contributed by atoms with Crippen LogP contribution in [0.4, 0.5) is 0 Å². The van der Waals surface area contributed by atoms with Crippen LogP contribution in [-0.4, -0.2) is 43.4 Å². The second-order valence-electron chi connectivity index (χ2n) is 3.72.